The maximum atomic E-state index is 13.5. The highest BCUT2D eigenvalue weighted by molar-refractivity contribution is 5.98. The van der Waals surface area contributed by atoms with Gasteiger partial charge in [0.1, 0.15) is 23.0 Å². The molecule has 0 spiro atoms. The van der Waals surface area contributed by atoms with Crippen LogP contribution < -0.4 is 14.8 Å². The van der Waals surface area contributed by atoms with Crippen LogP contribution in [0, 0.1) is 6.92 Å². The zero-order valence-corrected chi connectivity index (χ0v) is 22.3. The Morgan fingerprint density at radius 2 is 1.84 bits per heavy atom. The molecule has 0 radical (unpaired) electrons. The highest BCUT2D eigenvalue weighted by Crippen LogP contribution is 2.32. The summed E-state index contributed by atoms with van der Waals surface area (Å²) in [6.45, 7) is 10.1. The van der Waals surface area contributed by atoms with Gasteiger partial charge in [-0.2, -0.15) is 0 Å². The van der Waals surface area contributed by atoms with E-state index < -0.39 is 0 Å². The minimum absolute atomic E-state index is 0.00683. The van der Waals surface area contributed by atoms with Gasteiger partial charge in [-0.1, -0.05) is 12.1 Å². The number of anilines is 1. The topological polar surface area (TPSA) is 81.5 Å². The molecule has 1 aliphatic heterocycles. The van der Waals surface area contributed by atoms with Gasteiger partial charge in [0.2, 0.25) is 0 Å². The molecule has 0 aliphatic carbocycles. The number of para-hydroxylation sites is 1. The van der Waals surface area contributed by atoms with Crippen molar-refractivity contribution in [3.05, 3.63) is 65.6 Å². The molecule has 0 fully saturated rings. The Hall–Kier alpha value is -4.07. The van der Waals surface area contributed by atoms with Crippen LogP contribution in [0.25, 0.3) is 22.2 Å². The number of methoxy groups -OCH3 is 2. The van der Waals surface area contributed by atoms with Crippen LogP contribution in [0.5, 0.6) is 11.5 Å². The van der Waals surface area contributed by atoms with Crippen molar-refractivity contribution in [1.29, 1.82) is 0 Å². The minimum Gasteiger partial charge on any atom is -0.497 e. The average Bonchev–Trinajstić information content (AvgIpc) is 3.30. The number of hydrogen-bond acceptors (Lipinski definition) is 6. The normalized spacial score (nSPS) is 13.6. The molecule has 1 aliphatic rings. The molecule has 2 aromatic carbocycles. The van der Waals surface area contributed by atoms with Gasteiger partial charge in [-0.3, -0.25) is 4.79 Å². The van der Waals surface area contributed by atoms with Crippen molar-refractivity contribution in [3.8, 4) is 22.6 Å². The Morgan fingerprint density at radius 3 is 2.57 bits per heavy atom. The SMILES string of the molecule is COc1ccc(CN2CCn3cc(-c4cccc5nc(C)c(NC(C)(C)C)nc45)cc3C2=O)c(OC)c1. The van der Waals surface area contributed by atoms with Crippen LogP contribution in [0.3, 0.4) is 0 Å². The van der Waals surface area contributed by atoms with Gasteiger partial charge in [-0.15, -0.1) is 0 Å². The van der Waals surface area contributed by atoms with E-state index in [2.05, 4.69) is 26.1 Å². The first-order chi connectivity index (χ1) is 17.7. The van der Waals surface area contributed by atoms with Crippen LogP contribution in [0.4, 0.5) is 5.82 Å². The maximum absolute atomic E-state index is 13.5. The summed E-state index contributed by atoms with van der Waals surface area (Å²) in [5, 5.41) is 3.46. The zero-order chi connectivity index (χ0) is 26.3. The van der Waals surface area contributed by atoms with E-state index in [0.717, 1.165) is 45.0 Å². The van der Waals surface area contributed by atoms with Crippen molar-refractivity contribution in [2.24, 2.45) is 0 Å². The van der Waals surface area contributed by atoms with Gasteiger partial charge in [-0.25, -0.2) is 9.97 Å². The van der Waals surface area contributed by atoms with E-state index in [9.17, 15) is 4.79 Å². The molecule has 1 N–H and O–H groups in total. The Labute approximate surface area is 217 Å². The smallest absolute Gasteiger partial charge is 0.270 e. The van der Waals surface area contributed by atoms with Gasteiger partial charge in [-0.05, 0) is 52.0 Å². The van der Waals surface area contributed by atoms with Gasteiger partial charge < -0.3 is 24.3 Å². The van der Waals surface area contributed by atoms with Gasteiger partial charge in [0.25, 0.3) is 5.91 Å². The molecule has 192 valence electrons. The molecular formula is C29H33N5O3. The number of carbonyl (C=O) groups is 1. The largest absolute Gasteiger partial charge is 0.497 e. The molecule has 2 aromatic heterocycles. The second-order valence-corrected chi connectivity index (χ2v) is 10.4. The zero-order valence-electron chi connectivity index (χ0n) is 22.3. The fourth-order valence-corrected chi connectivity index (χ4v) is 4.72. The number of hydrogen-bond donors (Lipinski definition) is 1. The lowest BCUT2D eigenvalue weighted by molar-refractivity contribution is 0.0690. The lowest BCUT2D eigenvalue weighted by atomic mass is 10.1. The number of aryl methyl sites for hydroxylation is 1. The standard InChI is InChI=1S/C29H33N5O3/c1-18-27(32-29(2,3)4)31-26-22(8-7-9-23(26)30-18)20-14-24-28(35)34(13-12-33(24)17-20)16-19-10-11-21(36-5)15-25(19)37-6/h7-11,14-15,17H,12-13,16H2,1-6H3,(H,31,32). The molecule has 0 saturated carbocycles. The van der Waals surface area contributed by atoms with Crippen LogP contribution in [0.2, 0.25) is 0 Å². The van der Waals surface area contributed by atoms with Gasteiger partial charge in [0.15, 0.2) is 0 Å². The van der Waals surface area contributed by atoms with E-state index in [1.807, 2.05) is 65.1 Å². The Kier molecular flexibility index (Phi) is 6.27. The maximum Gasteiger partial charge on any atom is 0.270 e. The highest BCUT2D eigenvalue weighted by Gasteiger charge is 2.27. The third-order valence-electron chi connectivity index (χ3n) is 6.54. The molecule has 4 aromatic rings. The fourth-order valence-electron chi connectivity index (χ4n) is 4.72. The van der Waals surface area contributed by atoms with Crippen LogP contribution in [0.1, 0.15) is 42.5 Å². The number of amides is 1. The minimum atomic E-state index is -0.139. The quantitative estimate of drug-likeness (QED) is 0.388. The predicted molar refractivity (Wildman–Crippen MR) is 145 cm³/mol. The molecule has 8 heteroatoms. The third-order valence-corrected chi connectivity index (χ3v) is 6.54. The van der Waals surface area contributed by atoms with Crippen molar-refractivity contribution in [1.82, 2.24) is 19.4 Å². The summed E-state index contributed by atoms with van der Waals surface area (Å²) in [6.07, 6.45) is 2.05. The number of rotatable bonds is 6. The fraction of sp³-hybridized carbons (Fsp3) is 0.345. The van der Waals surface area contributed by atoms with Crippen LogP contribution in [-0.2, 0) is 13.1 Å². The Morgan fingerprint density at radius 1 is 1.03 bits per heavy atom. The summed E-state index contributed by atoms with van der Waals surface area (Å²) in [5.74, 6) is 2.19. The third kappa shape index (κ3) is 4.83. The molecular weight excluding hydrogens is 466 g/mol. The molecule has 5 rings (SSSR count). The highest BCUT2D eigenvalue weighted by atomic mass is 16.5. The Bertz CT molecular complexity index is 1490. The average molecular weight is 500 g/mol. The van der Waals surface area contributed by atoms with E-state index in [1.165, 1.54) is 0 Å². The van der Waals surface area contributed by atoms with E-state index >= 15 is 0 Å². The monoisotopic (exact) mass is 499 g/mol. The number of fused-ring (bicyclic) bond motifs is 2. The predicted octanol–water partition coefficient (Wildman–Crippen LogP) is 5.29. The molecule has 0 bridgehead atoms. The van der Waals surface area contributed by atoms with Crippen molar-refractivity contribution >= 4 is 22.8 Å². The molecule has 8 nitrogen and oxygen atoms in total. The van der Waals surface area contributed by atoms with E-state index in [1.54, 1.807) is 14.2 Å². The van der Waals surface area contributed by atoms with Crippen molar-refractivity contribution in [2.75, 3.05) is 26.1 Å². The lowest BCUT2D eigenvalue weighted by Gasteiger charge is -2.29. The summed E-state index contributed by atoms with van der Waals surface area (Å²) in [5.41, 5.74) is 5.88. The van der Waals surface area contributed by atoms with Crippen molar-refractivity contribution < 1.29 is 14.3 Å². The van der Waals surface area contributed by atoms with E-state index in [4.69, 9.17) is 19.4 Å². The first-order valence-electron chi connectivity index (χ1n) is 12.4. The number of nitrogens with zero attached hydrogens (tertiary/aromatic N) is 4. The first-order valence-corrected chi connectivity index (χ1v) is 12.4. The summed E-state index contributed by atoms with van der Waals surface area (Å²) >= 11 is 0. The van der Waals surface area contributed by atoms with Crippen molar-refractivity contribution in [3.63, 3.8) is 0 Å². The Balaban J connectivity index is 1.47. The van der Waals surface area contributed by atoms with Gasteiger partial charge in [0.05, 0.1) is 30.9 Å². The van der Waals surface area contributed by atoms with Gasteiger partial charge >= 0.3 is 0 Å². The first kappa shape index (κ1) is 24.6. The molecule has 0 atom stereocenters. The number of nitrogens with one attached hydrogen (secondary N) is 1. The van der Waals surface area contributed by atoms with Crippen LogP contribution in [-0.4, -0.2) is 51.6 Å². The van der Waals surface area contributed by atoms with Crippen molar-refractivity contribution in [2.45, 2.75) is 46.3 Å². The molecule has 0 unspecified atom stereocenters. The number of aromatic nitrogens is 3. The summed E-state index contributed by atoms with van der Waals surface area (Å²) in [4.78, 5) is 25.1. The second kappa shape index (κ2) is 9.42. The summed E-state index contributed by atoms with van der Waals surface area (Å²) in [7, 11) is 3.25. The van der Waals surface area contributed by atoms with E-state index in [0.29, 0.717) is 31.1 Å². The molecule has 0 saturated heterocycles. The summed E-state index contributed by atoms with van der Waals surface area (Å²) in [6, 6.07) is 13.7. The van der Waals surface area contributed by atoms with Crippen LogP contribution >= 0.6 is 0 Å². The summed E-state index contributed by atoms with van der Waals surface area (Å²) < 4.78 is 12.9. The van der Waals surface area contributed by atoms with E-state index in [-0.39, 0.29) is 11.4 Å². The molecule has 37 heavy (non-hydrogen) atoms. The second-order valence-electron chi connectivity index (χ2n) is 10.4. The lowest BCUT2D eigenvalue weighted by Crippen LogP contribution is -2.39. The number of ether oxygens (including phenoxy) is 2. The molecule has 1 amide bonds. The molecule has 3 heterocycles. The number of carbonyl (C=O) groups excluding carboxylic acids is 1. The van der Waals surface area contributed by atoms with Gasteiger partial charge in [0, 0.05) is 54.1 Å². The number of benzene rings is 2. The van der Waals surface area contributed by atoms with Crippen LogP contribution in [0.15, 0.2) is 48.7 Å².